The van der Waals surface area contributed by atoms with Gasteiger partial charge in [-0.2, -0.15) is 0 Å². The number of sulfonamides is 1. The molecule has 0 aliphatic heterocycles. The summed E-state index contributed by atoms with van der Waals surface area (Å²) in [4.78, 5) is 28.7. The third kappa shape index (κ3) is 7.83. The number of carbonyl (C=O) groups excluding carboxylic acids is 2. The van der Waals surface area contributed by atoms with Gasteiger partial charge in [0, 0.05) is 13.1 Å². The predicted octanol–water partition coefficient (Wildman–Crippen LogP) is 5.42. The average Bonchev–Trinajstić information content (AvgIpc) is 2.91. The van der Waals surface area contributed by atoms with Crippen LogP contribution in [0.2, 0.25) is 5.02 Å². The first-order valence-electron chi connectivity index (χ1n) is 13.0. The van der Waals surface area contributed by atoms with Crippen LogP contribution in [0.3, 0.4) is 0 Å². The van der Waals surface area contributed by atoms with E-state index in [1.54, 1.807) is 36.4 Å². The van der Waals surface area contributed by atoms with Crippen molar-refractivity contribution in [2.75, 3.05) is 17.4 Å². The smallest absolute Gasteiger partial charge is 0.264 e. The van der Waals surface area contributed by atoms with Crippen LogP contribution in [-0.2, 0) is 26.2 Å². The molecule has 208 valence electrons. The number of halogens is 1. The van der Waals surface area contributed by atoms with Crippen molar-refractivity contribution in [2.24, 2.45) is 5.92 Å². The van der Waals surface area contributed by atoms with E-state index in [4.69, 9.17) is 11.6 Å². The van der Waals surface area contributed by atoms with Crippen molar-refractivity contribution in [2.45, 2.75) is 51.6 Å². The van der Waals surface area contributed by atoms with Crippen LogP contribution in [0.1, 0.15) is 38.3 Å². The van der Waals surface area contributed by atoms with E-state index in [1.807, 2.05) is 58.0 Å². The van der Waals surface area contributed by atoms with Crippen LogP contribution < -0.4 is 9.62 Å². The van der Waals surface area contributed by atoms with Gasteiger partial charge in [-0.05, 0) is 49.1 Å². The highest BCUT2D eigenvalue weighted by molar-refractivity contribution is 7.92. The zero-order valence-corrected chi connectivity index (χ0v) is 24.4. The van der Waals surface area contributed by atoms with Gasteiger partial charge in [0.15, 0.2) is 0 Å². The van der Waals surface area contributed by atoms with Crippen LogP contribution in [0.5, 0.6) is 0 Å². The molecule has 3 aromatic rings. The van der Waals surface area contributed by atoms with Gasteiger partial charge in [-0.3, -0.25) is 13.9 Å². The highest BCUT2D eigenvalue weighted by Crippen LogP contribution is 2.31. The first kappa shape index (κ1) is 30.2. The van der Waals surface area contributed by atoms with E-state index in [9.17, 15) is 18.0 Å². The van der Waals surface area contributed by atoms with Gasteiger partial charge >= 0.3 is 0 Å². The summed E-state index contributed by atoms with van der Waals surface area (Å²) in [5.74, 6) is -0.553. The van der Waals surface area contributed by atoms with Crippen LogP contribution in [0.15, 0.2) is 83.8 Å². The number of carbonyl (C=O) groups is 2. The molecule has 9 heteroatoms. The van der Waals surface area contributed by atoms with Gasteiger partial charge in [0.25, 0.3) is 10.0 Å². The number of anilines is 1. The predicted molar refractivity (Wildman–Crippen MR) is 156 cm³/mol. The maximum Gasteiger partial charge on any atom is 0.264 e. The number of amides is 2. The highest BCUT2D eigenvalue weighted by atomic mass is 35.5. The van der Waals surface area contributed by atoms with Crippen LogP contribution in [0, 0.1) is 12.8 Å². The number of hydrogen-bond donors (Lipinski definition) is 1. The molecular weight excluding hydrogens is 534 g/mol. The van der Waals surface area contributed by atoms with Crippen LogP contribution in [0.4, 0.5) is 5.69 Å². The molecule has 7 nitrogen and oxygen atoms in total. The Morgan fingerprint density at radius 1 is 0.923 bits per heavy atom. The van der Waals surface area contributed by atoms with Crippen molar-refractivity contribution in [1.82, 2.24) is 10.2 Å². The molecule has 2 amide bonds. The third-order valence-electron chi connectivity index (χ3n) is 6.28. The SMILES string of the molecule is CCC(C(=O)NCC(C)C)N(Cc1ccccc1)C(=O)CN(c1ccccc1Cl)S(=O)(=O)c1ccc(C)cc1. The van der Waals surface area contributed by atoms with E-state index in [0.29, 0.717) is 13.0 Å². The lowest BCUT2D eigenvalue weighted by Crippen LogP contribution is -2.52. The molecule has 0 aromatic heterocycles. The Hall–Kier alpha value is -3.36. The van der Waals surface area contributed by atoms with E-state index < -0.39 is 28.5 Å². The zero-order chi connectivity index (χ0) is 28.6. The van der Waals surface area contributed by atoms with Gasteiger partial charge in [0.1, 0.15) is 12.6 Å². The van der Waals surface area contributed by atoms with Gasteiger partial charge < -0.3 is 10.2 Å². The molecule has 0 spiro atoms. The van der Waals surface area contributed by atoms with Crippen LogP contribution in [0.25, 0.3) is 0 Å². The standard InChI is InChI=1S/C30H36ClN3O4S/c1-5-27(30(36)32-19-22(2)3)33(20-24-11-7-6-8-12-24)29(35)21-34(28-14-10-9-13-26(28)31)39(37,38)25-17-15-23(4)16-18-25/h6-18,22,27H,5,19-21H2,1-4H3,(H,32,36). The number of para-hydroxylation sites is 1. The molecule has 0 aliphatic rings. The van der Waals surface area contributed by atoms with Crippen LogP contribution in [-0.4, -0.2) is 44.3 Å². The number of nitrogens with zero attached hydrogens (tertiary/aromatic N) is 2. The van der Waals surface area contributed by atoms with Crippen molar-refractivity contribution in [3.8, 4) is 0 Å². The van der Waals surface area contributed by atoms with Gasteiger partial charge in [-0.25, -0.2) is 8.42 Å². The lowest BCUT2D eigenvalue weighted by atomic mass is 10.1. The normalized spacial score (nSPS) is 12.2. The van der Waals surface area contributed by atoms with Gasteiger partial charge in [-0.15, -0.1) is 0 Å². The molecular formula is C30H36ClN3O4S. The summed E-state index contributed by atoms with van der Waals surface area (Å²) in [7, 11) is -4.17. The molecule has 0 fully saturated rings. The Morgan fingerprint density at radius 3 is 2.13 bits per heavy atom. The maximum absolute atomic E-state index is 14.0. The first-order chi connectivity index (χ1) is 18.5. The fourth-order valence-electron chi connectivity index (χ4n) is 4.13. The summed E-state index contributed by atoms with van der Waals surface area (Å²) in [5, 5.41) is 3.12. The molecule has 1 N–H and O–H groups in total. The Labute approximate surface area is 236 Å². The first-order valence-corrected chi connectivity index (χ1v) is 14.8. The number of rotatable bonds is 12. The molecule has 0 radical (unpaired) electrons. The van der Waals surface area contributed by atoms with E-state index in [1.165, 1.54) is 17.0 Å². The minimum Gasteiger partial charge on any atom is -0.354 e. The largest absolute Gasteiger partial charge is 0.354 e. The Kier molecular flexibility index (Phi) is 10.5. The zero-order valence-electron chi connectivity index (χ0n) is 22.8. The topological polar surface area (TPSA) is 86.8 Å². The van der Waals surface area contributed by atoms with Crippen molar-refractivity contribution in [3.05, 3.63) is 95.0 Å². The molecule has 0 bridgehead atoms. The lowest BCUT2D eigenvalue weighted by Gasteiger charge is -2.33. The molecule has 0 aliphatic carbocycles. The molecule has 0 saturated carbocycles. The molecule has 39 heavy (non-hydrogen) atoms. The summed E-state index contributed by atoms with van der Waals surface area (Å²) in [5.41, 5.74) is 1.92. The second kappa shape index (κ2) is 13.6. The number of benzene rings is 3. The maximum atomic E-state index is 14.0. The minimum absolute atomic E-state index is 0.0390. The molecule has 1 unspecified atom stereocenters. The van der Waals surface area contributed by atoms with Gasteiger partial charge in [-0.1, -0.05) is 92.5 Å². The molecule has 3 rings (SSSR count). The second-order valence-electron chi connectivity index (χ2n) is 9.85. The Balaban J connectivity index is 2.04. The highest BCUT2D eigenvalue weighted by Gasteiger charge is 2.34. The van der Waals surface area contributed by atoms with E-state index >= 15 is 0 Å². The van der Waals surface area contributed by atoms with E-state index in [0.717, 1.165) is 15.4 Å². The Bertz CT molecular complexity index is 1360. The quantitative estimate of drug-likeness (QED) is 0.315. The number of nitrogens with one attached hydrogen (secondary N) is 1. The number of aryl methyl sites for hydroxylation is 1. The average molecular weight is 570 g/mol. The van der Waals surface area contributed by atoms with Gasteiger partial charge in [0.2, 0.25) is 11.8 Å². The van der Waals surface area contributed by atoms with Crippen LogP contribution >= 0.6 is 11.6 Å². The molecule has 0 heterocycles. The number of hydrogen-bond acceptors (Lipinski definition) is 4. The lowest BCUT2D eigenvalue weighted by molar-refractivity contribution is -0.140. The summed E-state index contributed by atoms with van der Waals surface area (Å²) < 4.78 is 28.8. The fraction of sp³-hybridized carbons (Fsp3) is 0.333. The monoisotopic (exact) mass is 569 g/mol. The summed E-state index contributed by atoms with van der Waals surface area (Å²) in [6.07, 6.45) is 0.360. The van der Waals surface area contributed by atoms with E-state index in [2.05, 4.69) is 5.32 Å². The summed E-state index contributed by atoms with van der Waals surface area (Å²) in [6, 6.07) is 21.5. The molecule has 1 atom stereocenters. The Morgan fingerprint density at radius 2 is 1.54 bits per heavy atom. The minimum atomic E-state index is -4.17. The third-order valence-corrected chi connectivity index (χ3v) is 8.37. The summed E-state index contributed by atoms with van der Waals surface area (Å²) >= 11 is 6.45. The molecule has 3 aromatic carbocycles. The van der Waals surface area contributed by atoms with E-state index in [-0.39, 0.29) is 34.0 Å². The van der Waals surface area contributed by atoms with Crippen molar-refractivity contribution in [1.29, 1.82) is 0 Å². The van der Waals surface area contributed by atoms with Crippen molar-refractivity contribution >= 4 is 39.1 Å². The summed E-state index contributed by atoms with van der Waals surface area (Å²) in [6.45, 7) is 7.77. The molecule has 0 saturated heterocycles. The van der Waals surface area contributed by atoms with Crippen molar-refractivity contribution < 1.29 is 18.0 Å². The van der Waals surface area contributed by atoms with Gasteiger partial charge in [0.05, 0.1) is 15.6 Å². The second-order valence-corrected chi connectivity index (χ2v) is 12.1. The van der Waals surface area contributed by atoms with Crippen molar-refractivity contribution in [3.63, 3.8) is 0 Å². The fourth-order valence-corrected chi connectivity index (χ4v) is 5.85.